The SMILES string of the molecule is O=C(c1cccc(-n2cccn2)c1)N1CC[C@H]1c1ccc(F)cc1. The standard InChI is InChI=1S/C19H16FN3O/c20-16-7-5-14(6-8-16)18-9-12-22(18)19(24)15-3-1-4-17(13-15)23-11-2-10-21-23/h1-8,10-11,13,18H,9,12H2/t18-/m0/s1. The average Bonchev–Trinajstić information content (AvgIpc) is 3.10. The molecule has 3 aromatic rings. The van der Waals surface area contributed by atoms with Crippen LogP contribution in [0.5, 0.6) is 0 Å². The van der Waals surface area contributed by atoms with E-state index in [2.05, 4.69) is 5.10 Å². The Morgan fingerprint density at radius 1 is 1.12 bits per heavy atom. The lowest BCUT2D eigenvalue weighted by Gasteiger charge is -2.41. The molecule has 0 aliphatic carbocycles. The Balaban J connectivity index is 1.58. The fourth-order valence-electron chi connectivity index (χ4n) is 3.03. The van der Waals surface area contributed by atoms with Gasteiger partial charge >= 0.3 is 0 Å². The second kappa shape index (κ2) is 5.92. The lowest BCUT2D eigenvalue weighted by atomic mass is 9.93. The molecule has 4 rings (SSSR count). The molecule has 1 aliphatic rings. The van der Waals surface area contributed by atoms with Crippen molar-refractivity contribution in [3.8, 4) is 5.69 Å². The molecule has 2 heterocycles. The highest BCUT2D eigenvalue weighted by Crippen LogP contribution is 2.34. The van der Waals surface area contributed by atoms with Crippen LogP contribution in [-0.4, -0.2) is 27.1 Å². The van der Waals surface area contributed by atoms with Crippen molar-refractivity contribution >= 4 is 5.91 Å². The molecule has 0 unspecified atom stereocenters. The average molecular weight is 321 g/mol. The van der Waals surface area contributed by atoms with Crippen LogP contribution in [0.1, 0.15) is 28.4 Å². The lowest BCUT2D eigenvalue weighted by Crippen LogP contribution is -2.45. The Bertz CT molecular complexity index is 859. The molecule has 0 spiro atoms. The van der Waals surface area contributed by atoms with Crippen LogP contribution >= 0.6 is 0 Å². The fraction of sp³-hybridized carbons (Fsp3) is 0.158. The zero-order valence-electron chi connectivity index (χ0n) is 13.0. The molecule has 0 radical (unpaired) electrons. The number of likely N-dealkylation sites (tertiary alicyclic amines) is 1. The van der Waals surface area contributed by atoms with Crippen molar-refractivity contribution in [1.82, 2.24) is 14.7 Å². The molecule has 2 aromatic carbocycles. The predicted molar refractivity (Wildman–Crippen MR) is 88.4 cm³/mol. The summed E-state index contributed by atoms with van der Waals surface area (Å²) in [6.45, 7) is 0.715. The summed E-state index contributed by atoms with van der Waals surface area (Å²) < 4.78 is 14.8. The van der Waals surface area contributed by atoms with E-state index in [1.807, 2.05) is 41.4 Å². The maximum atomic E-state index is 13.1. The van der Waals surface area contributed by atoms with Crippen LogP contribution in [-0.2, 0) is 0 Å². The summed E-state index contributed by atoms with van der Waals surface area (Å²) in [4.78, 5) is 14.7. The minimum Gasteiger partial charge on any atom is -0.331 e. The smallest absolute Gasteiger partial charge is 0.254 e. The Morgan fingerprint density at radius 2 is 1.96 bits per heavy atom. The molecule has 24 heavy (non-hydrogen) atoms. The largest absolute Gasteiger partial charge is 0.331 e. The van der Waals surface area contributed by atoms with E-state index in [0.717, 1.165) is 17.7 Å². The van der Waals surface area contributed by atoms with Gasteiger partial charge in [-0.15, -0.1) is 0 Å². The second-order valence-corrected chi connectivity index (χ2v) is 5.86. The number of carbonyl (C=O) groups excluding carboxylic acids is 1. The highest BCUT2D eigenvalue weighted by atomic mass is 19.1. The van der Waals surface area contributed by atoms with Gasteiger partial charge in [0.2, 0.25) is 0 Å². The third-order valence-corrected chi connectivity index (χ3v) is 4.40. The fourth-order valence-corrected chi connectivity index (χ4v) is 3.03. The van der Waals surface area contributed by atoms with Gasteiger partial charge < -0.3 is 4.90 Å². The normalized spacial score (nSPS) is 16.7. The minimum absolute atomic E-state index is 0.00965. The van der Waals surface area contributed by atoms with Crippen LogP contribution < -0.4 is 0 Å². The topological polar surface area (TPSA) is 38.1 Å². The number of carbonyl (C=O) groups is 1. The zero-order valence-corrected chi connectivity index (χ0v) is 13.0. The molecule has 1 aliphatic heterocycles. The van der Waals surface area contributed by atoms with E-state index in [-0.39, 0.29) is 17.8 Å². The molecule has 1 aromatic heterocycles. The predicted octanol–water partition coefficient (Wildman–Crippen LogP) is 3.60. The summed E-state index contributed by atoms with van der Waals surface area (Å²) in [6.07, 6.45) is 4.44. The highest BCUT2D eigenvalue weighted by molar-refractivity contribution is 5.95. The van der Waals surface area contributed by atoms with Gasteiger partial charge in [0.15, 0.2) is 0 Å². The van der Waals surface area contributed by atoms with Crippen molar-refractivity contribution < 1.29 is 9.18 Å². The van der Waals surface area contributed by atoms with Gasteiger partial charge in [-0.05, 0) is 48.4 Å². The Hall–Kier alpha value is -2.95. The third-order valence-electron chi connectivity index (χ3n) is 4.40. The first-order valence-corrected chi connectivity index (χ1v) is 7.89. The van der Waals surface area contributed by atoms with Crippen LogP contribution in [0.25, 0.3) is 5.69 Å². The van der Waals surface area contributed by atoms with E-state index in [0.29, 0.717) is 12.1 Å². The van der Waals surface area contributed by atoms with Gasteiger partial charge in [-0.2, -0.15) is 5.10 Å². The minimum atomic E-state index is -0.261. The van der Waals surface area contributed by atoms with E-state index in [1.54, 1.807) is 23.0 Å². The monoisotopic (exact) mass is 321 g/mol. The van der Waals surface area contributed by atoms with Gasteiger partial charge in [-0.3, -0.25) is 4.79 Å². The van der Waals surface area contributed by atoms with Gasteiger partial charge in [0.1, 0.15) is 5.82 Å². The molecule has 0 N–H and O–H groups in total. The van der Waals surface area contributed by atoms with E-state index < -0.39 is 0 Å². The van der Waals surface area contributed by atoms with Crippen LogP contribution in [0.15, 0.2) is 67.0 Å². The van der Waals surface area contributed by atoms with Gasteiger partial charge in [0.05, 0.1) is 11.7 Å². The molecule has 1 amide bonds. The van der Waals surface area contributed by atoms with Crippen LogP contribution in [0.4, 0.5) is 4.39 Å². The van der Waals surface area contributed by atoms with Crippen molar-refractivity contribution in [2.45, 2.75) is 12.5 Å². The van der Waals surface area contributed by atoms with Crippen LogP contribution in [0, 0.1) is 5.82 Å². The van der Waals surface area contributed by atoms with E-state index >= 15 is 0 Å². The number of hydrogen-bond acceptors (Lipinski definition) is 2. The lowest BCUT2D eigenvalue weighted by molar-refractivity contribution is 0.0460. The molecule has 5 heteroatoms. The Kier molecular flexibility index (Phi) is 3.61. The van der Waals surface area contributed by atoms with Gasteiger partial charge in [-0.1, -0.05) is 18.2 Å². The first kappa shape index (κ1) is 14.6. The van der Waals surface area contributed by atoms with E-state index in [1.165, 1.54) is 12.1 Å². The number of halogens is 1. The molecular formula is C19H16FN3O. The summed E-state index contributed by atoms with van der Waals surface area (Å²) in [7, 11) is 0. The van der Waals surface area contributed by atoms with Gasteiger partial charge in [0, 0.05) is 24.5 Å². The maximum Gasteiger partial charge on any atom is 0.254 e. The third kappa shape index (κ3) is 2.58. The summed E-state index contributed by atoms with van der Waals surface area (Å²) in [6, 6.07) is 15.7. The Morgan fingerprint density at radius 3 is 2.62 bits per heavy atom. The van der Waals surface area contributed by atoms with Crippen molar-refractivity contribution in [2.75, 3.05) is 6.54 Å². The molecule has 120 valence electrons. The molecule has 4 nitrogen and oxygen atoms in total. The van der Waals surface area contributed by atoms with E-state index in [9.17, 15) is 9.18 Å². The zero-order chi connectivity index (χ0) is 16.5. The van der Waals surface area contributed by atoms with Crippen molar-refractivity contribution in [1.29, 1.82) is 0 Å². The number of nitrogens with zero attached hydrogens (tertiary/aromatic N) is 3. The number of aromatic nitrogens is 2. The van der Waals surface area contributed by atoms with Gasteiger partial charge in [-0.25, -0.2) is 9.07 Å². The first-order valence-electron chi connectivity index (χ1n) is 7.89. The number of benzene rings is 2. The van der Waals surface area contributed by atoms with Crippen LogP contribution in [0.2, 0.25) is 0 Å². The number of hydrogen-bond donors (Lipinski definition) is 0. The number of rotatable bonds is 3. The van der Waals surface area contributed by atoms with E-state index in [4.69, 9.17) is 0 Å². The first-order chi connectivity index (χ1) is 11.7. The summed E-state index contributed by atoms with van der Waals surface area (Å²) >= 11 is 0. The molecule has 1 atom stereocenters. The second-order valence-electron chi connectivity index (χ2n) is 5.86. The summed E-state index contributed by atoms with van der Waals surface area (Å²) in [5, 5.41) is 4.19. The molecule has 0 saturated carbocycles. The van der Waals surface area contributed by atoms with Crippen molar-refractivity contribution in [3.63, 3.8) is 0 Å². The molecule has 0 bridgehead atoms. The van der Waals surface area contributed by atoms with Crippen LogP contribution in [0.3, 0.4) is 0 Å². The Labute approximate surface area is 139 Å². The molecular weight excluding hydrogens is 305 g/mol. The number of amides is 1. The van der Waals surface area contributed by atoms with Gasteiger partial charge in [0.25, 0.3) is 5.91 Å². The maximum absolute atomic E-state index is 13.1. The van der Waals surface area contributed by atoms with Crippen molar-refractivity contribution in [2.24, 2.45) is 0 Å². The van der Waals surface area contributed by atoms with Crippen molar-refractivity contribution in [3.05, 3.63) is 83.9 Å². The summed E-state index contributed by atoms with van der Waals surface area (Å²) in [5.74, 6) is -0.271. The summed E-state index contributed by atoms with van der Waals surface area (Å²) in [5.41, 5.74) is 2.46. The highest BCUT2D eigenvalue weighted by Gasteiger charge is 2.33. The molecule has 1 saturated heterocycles. The molecule has 1 fully saturated rings. The quantitative estimate of drug-likeness (QED) is 0.739.